The molecule has 0 fully saturated rings. The van der Waals surface area contributed by atoms with Gasteiger partial charge in [-0.1, -0.05) is 44.4 Å². The fourth-order valence-electron chi connectivity index (χ4n) is 1.93. The van der Waals surface area contributed by atoms with Crippen molar-refractivity contribution in [3.63, 3.8) is 0 Å². The Bertz CT molecular complexity index is 328. The summed E-state index contributed by atoms with van der Waals surface area (Å²) in [6, 6.07) is 8.19. The summed E-state index contributed by atoms with van der Waals surface area (Å²) in [5, 5.41) is 3.48. The first-order chi connectivity index (χ1) is 9.38. The maximum atomic E-state index is 5.71. The van der Waals surface area contributed by atoms with Crippen LogP contribution in [0.15, 0.2) is 24.3 Å². The number of methoxy groups -OCH3 is 1. The van der Waals surface area contributed by atoms with Gasteiger partial charge in [-0.3, -0.25) is 0 Å². The van der Waals surface area contributed by atoms with Gasteiger partial charge in [0.15, 0.2) is 0 Å². The van der Waals surface area contributed by atoms with Gasteiger partial charge in [0.05, 0.1) is 6.61 Å². The molecule has 0 aliphatic heterocycles. The van der Waals surface area contributed by atoms with Crippen LogP contribution in [0.25, 0.3) is 0 Å². The van der Waals surface area contributed by atoms with E-state index in [0.29, 0.717) is 13.2 Å². The summed E-state index contributed by atoms with van der Waals surface area (Å²) in [6.07, 6.45) is 5.19. The van der Waals surface area contributed by atoms with Gasteiger partial charge in [-0.25, -0.2) is 0 Å². The first kappa shape index (κ1) is 16.0. The summed E-state index contributed by atoms with van der Waals surface area (Å²) in [7, 11) is 1.69. The molecule has 19 heavy (non-hydrogen) atoms. The van der Waals surface area contributed by atoms with Gasteiger partial charge in [0.1, 0.15) is 12.4 Å². The average Bonchev–Trinajstić information content (AvgIpc) is 2.44. The molecule has 1 N–H and O–H groups in total. The van der Waals surface area contributed by atoms with Crippen LogP contribution >= 0.6 is 0 Å². The molecule has 0 radical (unpaired) electrons. The van der Waals surface area contributed by atoms with Crippen LogP contribution in [0.1, 0.15) is 38.2 Å². The lowest BCUT2D eigenvalue weighted by molar-refractivity contribution is 0.145. The second-order valence-corrected chi connectivity index (χ2v) is 4.69. The monoisotopic (exact) mass is 265 g/mol. The maximum Gasteiger partial charge on any atom is 0.123 e. The third kappa shape index (κ3) is 7.19. The van der Waals surface area contributed by atoms with Gasteiger partial charge in [0.25, 0.3) is 0 Å². The lowest BCUT2D eigenvalue weighted by Crippen LogP contribution is -2.16. The quantitative estimate of drug-likeness (QED) is 0.622. The summed E-state index contributed by atoms with van der Waals surface area (Å²) in [5.74, 6) is 0.959. The van der Waals surface area contributed by atoms with Crippen LogP contribution in [0.2, 0.25) is 0 Å². The van der Waals surface area contributed by atoms with E-state index in [1.54, 1.807) is 7.11 Å². The Morgan fingerprint density at radius 1 is 1.05 bits per heavy atom. The van der Waals surface area contributed by atoms with Crippen LogP contribution in [-0.4, -0.2) is 26.9 Å². The van der Waals surface area contributed by atoms with Crippen molar-refractivity contribution in [2.45, 2.75) is 39.2 Å². The molecule has 0 spiro atoms. The Morgan fingerprint density at radius 2 is 1.89 bits per heavy atom. The van der Waals surface area contributed by atoms with Gasteiger partial charge in [-0.05, 0) is 19.0 Å². The van der Waals surface area contributed by atoms with E-state index in [2.05, 4.69) is 24.4 Å². The molecule has 1 rings (SSSR count). The van der Waals surface area contributed by atoms with Crippen molar-refractivity contribution < 1.29 is 9.47 Å². The van der Waals surface area contributed by atoms with Crippen molar-refractivity contribution in [3.8, 4) is 5.75 Å². The Labute approximate surface area is 117 Å². The summed E-state index contributed by atoms with van der Waals surface area (Å²) >= 11 is 0. The van der Waals surface area contributed by atoms with E-state index in [-0.39, 0.29) is 0 Å². The van der Waals surface area contributed by atoms with Crippen molar-refractivity contribution in [1.82, 2.24) is 5.32 Å². The number of rotatable bonds is 11. The topological polar surface area (TPSA) is 30.5 Å². The molecule has 0 bridgehead atoms. The molecule has 0 unspecified atom stereocenters. The Balaban J connectivity index is 2.27. The van der Waals surface area contributed by atoms with Crippen LogP contribution in [0.5, 0.6) is 5.75 Å². The number of unbranched alkanes of at least 4 members (excludes halogenated alkanes) is 3. The van der Waals surface area contributed by atoms with Crippen LogP contribution in [-0.2, 0) is 11.3 Å². The number of hydrogen-bond acceptors (Lipinski definition) is 3. The molecule has 108 valence electrons. The summed E-state index contributed by atoms with van der Waals surface area (Å²) in [5.41, 5.74) is 1.22. The van der Waals surface area contributed by atoms with Gasteiger partial charge in [-0.15, -0.1) is 0 Å². The van der Waals surface area contributed by atoms with Crippen LogP contribution in [0, 0.1) is 0 Å². The normalized spacial score (nSPS) is 10.6. The first-order valence-corrected chi connectivity index (χ1v) is 7.28. The van der Waals surface area contributed by atoms with E-state index in [0.717, 1.165) is 18.8 Å². The van der Waals surface area contributed by atoms with Crippen LogP contribution in [0.3, 0.4) is 0 Å². The summed E-state index contributed by atoms with van der Waals surface area (Å²) in [4.78, 5) is 0. The molecule has 0 aliphatic rings. The van der Waals surface area contributed by atoms with Crippen molar-refractivity contribution in [1.29, 1.82) is 0 Å². The number of benzene rings is 1. The molecule has 0 amide bonds. The SMILES string of the molecule is CCCCCCNCc1ccccc1OCCOC. The average molecular weight is 265 g/mol. The maximum absolute atomic E-state index is 5.71. The molecule has 0 saturated heterocycles. The summed E-state index contributed by atoms with van der Waals surface area (Å²) in [6.45, 7) is 5.41. The minimum Gasteiger partial charge on any atom is -0.491 e. The standard InChI is InChI=1S/C16H27NO2/c1-3-4-5-8-11-17-14-15-9-6-7-10-16(15)19-13-12-18-2/h6-7,9-10,17H,3-5,8,11-14H2,1-2H3. The number of nitrogens with one attached hydrogen (secondary N) is 1. The molecule has 1 aromatic carbocycles. The molecular weight excluding hydrogens is 238 g/mol. The highest BCUT2D eigenvalue weighted by Gasteiger charge is 2.02. The number of ether oxygens (including phenoxy) is 2. The number of para-hydroxylation sites is 1. The van der Waals surface area contributed by atoms with E-state index >= 15 is 0 Å². The molecule has 0 atom stereocenters. The van der Waals surface area contributed by atoms with Gasteiger partial charge in [0.2, 0.25) is 0 Å². The van der Waals surface area contributed by atoms with E-state index in [4.69, 9.17) is 9.47 Å². The number of hydrogen-bond donors (Lipinski definition) is 1. The van der Waals surface area contributed by atoms with E-state index in [9.17, 15) is 0 Å². The zero-order valence-corrected chi connectivity index (χ0v) is 12.3. The van der Waals surface area contributed by atoms with Crippen molar-refractivity contribution in [3.05, 3.63) is 29.8 Å². The van der Waals surface area contributed by atoms with Gasteiger partial charge in [0, 0.05) is 19.2 Å². The third-order valence-electron chi connectivity index (χ3n) is 3.04. The minimum absolute atomic E-state index is 0.601. The second-order valence-electron chi connectivity index (χ2n) is 4.69. The smallest absolute Gasteiger partial charge is 0.123 e. The minimum atomic E-state index is 0.601. The highest BCUT2D eigenvalue weighted by atomic mass is 16.5. The van der Waals surface area contributed by atoms with Crippen molar-refractivity contribution in [2.75, 3.05) is 26.9 Å². The molecule has 0 aromatic heterocycles. The zero-order chi connectivity index (χ0) is 13.8. The fourth-order valence-corrected chi connectivity index (χ4v) is 1.93. The van der Waals surface area contributed by atoms with Gasteiger partial charge < -0.3 is 14.8 Å². The molecule has 3 heteroatoms. The van der Waals surface area contributed by atoms with Crippen LogP contribution in [0.4, 0.5) is 0 Å². The molecule has 3 nitrogen and oxygen atoms in total. The fraction of sp³-hybridized carbons (Fsp3) is 0.625. The largest absolute Gasteiger partial charge is 0.491 e. The lowest BCUT2D eigenvalue weighted by atomic mass is 10.2. The lowest BCUT2D eigenvalue weighted by Gasteiger charge is -2.11. The Morgan fingerprint density at radius 3 is 2.68 bits per heavy atom. The van der Waals surface area contributed by atoms with Crippen LogP contribution < -0.4 is 10.1 Å². The predicted octanol–water partition coefficient (Wildman–Crippen LogP) is 3.38. The van der Waals surface area contributed by atoms with Gasteiger partial charge >= 0.3 is 0 Å². The van der Waals surface area contributed by atoms with E-state index < -0.39 is 0 Å². The molecule has 0 saturated carbocycles. The molecule has 1 aromatic rings. The first-order valence-electron chi connectivity index (χ1n) is 7.28. The third-order valence-corrected chi connectivity index (χ3v) is 3.04. The Kier molecular flexibility index (Phi) is 9.11. The zero-order valence-electron chi connectivity index (χ0n) is 12.3. The predicted molar refractivity (Wildman–Crippen MR) is 79.7 cm³/mol. The highest BCUT2D eigenvalue weighted by molar-refractivity contribution is 5.33. The Hall–Kier alpha value is -1.06. The summed E-state index contributed by atoms with van der Waals surface area (Å²) < 4.78 is 10.7. The van der Waals surface area contributed by atoms with Crippen molar-refractivity contribution in [2.24, 2.45) is 0 Å². The van der Waals surface area contributed by atoms with E-state index in [1.807, 2.05) is 12.1 Å². The van der Waals surface area contributed by atoms with Crippen molar-refractivity contribution >= 4 is 0 Å². The van der Waals surface area contributed by atoms with Gasteiger partial charge in [-0.2, -0.15) is 0 Å². The molecule has 0 heterocycles. The highest BCUT2D eigenvalue weighted by Crippen LogP contribution is 2.17. The molecular formula is C16H27NO2. The molecule has 0 aliphatic carbocycles. The van der Waals surface area contributed by atoms with E-state index in [1.165, 1.54) is 31.2 Å². The second kappa shape index (κ2) is 10.8.